The van der Waals surface area contributed by atoms with Gasteiger partial charge in [-0.25, -0.2) is 14.8 Å². The number of alkyl halides is 3. The third kappa shape index (κ3) is 6.32. The summed E-state index contributed by atoms with van der Waals surface area (Å²) in [5, 5.41) is 7.12. The number of rotatable bonds is 2. The second-order valence-corrected chi connectivity index (χ2v) is 6.45. The van der Waals surface area contributed by atoms with Crippen LogP contribution in [0.2, 0.25) is 0 Å². The van der Waals surface area contributed by atoms with Gasteiger partial charge in [0.2, 0.25) is 0 Å². The molecule has 8 heteroatoms. The first-order valence-electron chi connectivity index (χ1n) is 8.54. The lowest BCUT2D eigenvalue weighted by Crippen LogP contribution is -2.25. The van der Waals surface area contributed by atoms with E-state index in [9.17, 15) is 13.2 Å². The second kappa shape index (κ2) is 8.94. The smallest absolute Gasteiger partial charge is 0.475 e. The summed E-state index contributed by atoms with van der Waals surface area (Å²) in [5.41, 5.74) is 6.46. The average Bonchev–Trinajstić information content (AvgIpc) is 2.80. The van der Waals surface area contributed by atoms with Crippen molar-refractivity contribution in [2.45, 2.75) is 39.4 Å². The molecule has 2 heterocycles. The molecular formula is C19H22F3N3O2. The first kappa shape index (κ1) is 20.8. The first-order chi connectivity index (χ1) is 12.7. The van der Waals surface area contributed by atoms with Crippen LogP contribution in [0.5, 0.6) is 0 Å². The topological polar surface area (TPSA) is 66.3 Å². The molecule has 146 valence electrons. The third-order valence-electron chi connectivity index (χ3n) is 4.36. The number of carboxylic acid groups (broad SMARTS) is 1. The highest BCUT2D eigenvalue weighted by Gasteiger charge is 2.38. The van der Waals surface area contributed by atoms with E-state index in [0.29, 0.717) is 0 Å². The number of fused-ring (bicyclic) bond motifs is 1. The van der Waals surface area contributed by atoms with Crippen molar-refractivity contribution < 1.29 is 23.1 Å². The molecule has 0 amide bonds. The Hall–Kier alpha value is -2.48. The van der Waals surface area contributed by atoms with E-state index < -0.39 is 12.1 Å². The number of aromatic nitrogens is 2. The van der Waals surface area contributed by atoms with Gasteiger partial charge in [-0.05, 0) is 31.4 Å². The Morgan fingerprint density at radius 2 is 1.70 bits per heavy atom. The quantitative estimate of drug-likeness (QED) is 0.864. The van der Waals surface area contributed by atoms with Crippen LogP contribution in [0.25, 0.3) is 0 Å². The predicted octanol–water partition coefficient (Wildman–Crippen LogP) is 3.33. The zero-order chi connectivity index (χ0) is 20.0. The Labute approximate surface area is 155 Å². The molecular weight excluding hydrogens is 359 g/mol. The molecule has 0 fully saturated rings. The van der Waals surface area contributed by atoms with E-state index in [-0.39, 0.29) is 0 Å². The maximum atomic E-state index is 10.6. The highest BCUT2D eigenvalue weighted by Crippen LogP contribution is 2.17. The fraction of sp³-hybridized carbons (Fsp3) is 0.421. The lowest BCUT2D eigenvalue weighted by atomic mass is 10.1. The van der Waals surface area contributed by atoms with Gasteiger partial charge in [0.05, 0.1) is 0 Å². The van der Waals surface area contributed by atoms with Crippen molar-refractivity contribution in [2.24, 2.45) is 0 Å². The molecule has 0 aliphatic carbocycles. The van der Waals surface area contributed by atoms with Crippen molar-refractivity contribution in [3.8, 4) is 0 Å². The number of aryl methyl sites for hydroxylation is 2. The second-order valence-electron chi connectivity index (χ2n) is 6.45. The van der Waals surface area contributed by atoms with Gasteiger partial charge in [0, 0.05) is 37.4 Å². The van der Waals surface area contributed by atoms with Crippen molar-refractivity contribution in [2.75, 3.05) is 13.1 Å². The van der Waals surface area contributed by atoms with E-state index in [1.54, 1.807) is 6.33 Å². The van der Waals surface area contributed by atoms with Crippen molar-refractivity contribution >= 4 is 5.97 Å². The normalized spacial score (nSPS) is 14.6. The van der Waals surface area contributed by atoms with Crippen LogP contribution in [0.4, 0.5) is 13.2 Å². The van der Waals surface area contributed by atoms with Crippen molar-refractivity contribution in [1.29, 1.82) is 0 Å². The van der Waals surface area contributed by atoms with Crippen LogP contribution in [0.1, 0.15) is 28.1 Å². The number of hydrogen-bond donors (Lipinski definition) is 1. The van der Waals surface area contributed by atoms with Crippen LogP contribution in [0, 0.1) is 13.8 Å². The molecule has 1 aliphatic heterocycles. The van der Waals surface area contributed by atoms with Crippen LogP contribution < -0.4 is 0 Å². The zero-order valence-corrected chi connectivity index (χ0v) is 15.3. The van der Waals surface area contributed by atoms with Gasteiger partial charge in [0.15, 0.2) is 0 Å². The maximum absolute atomic E-state index is 10.6. The molecule has 0 saturated heterocycles. The first-order valence-corrected chi connectivity index (χ1v) is 8.54. The van der Waals surface area contributed by atoms with Gasteiger partial charge >= 0.3 is 12.1 Å². The Balaban J connectivity index is 0.000000321. The number of carboxylic acids is 1. The Kier molecular flexibility index (Phi) is 6.90. The van der Waals surface area contributed by atoms with E-state index in [4.69, 9.17) is 9.90 Å². The minimum atomic E-state index is -5.08. The number of nitrogens with zero attached hydrogens (tertiary/aromatic N) is 3. The molecule has 1 aromatic carbocycles. The fourth-order valence-corrected chi connectivity index (χ4v) is 2.85. The van der Waals surface area contributed by atoms with Crippen LogP contribution in [0.15, 0.2) is 30.6 Å². The summed E-state index contributed by atoms with van der Waals surface area (Å²) < 4.78 is 31.7. The molecule has 0 saturated carbocycles. The molecule has 27 heavy (non-hydrogen) atoms. The predicted molar refractivity (Wildman–Crippen MR) is 94.3 cm³/mol. The summed E-state index contributed by atoms with van der Waals surface area (Å²) in [6.07, 6.45) is -1.29. The number of hydrogen-bond acceptors (Lipinski definition) is 4. The molecule has 1 aromatic heterocycles. The Bertz CT molecular complexity index is 777. The molecule has 0 atom stereocenters. The number of halogens is 3. The molecule has 0 radical (unpaired) electrons. The minimum Gasteiger partial charge on any atom is -0.475 e. The number of carbonyl (C=O) groups is 1. The summed E-state index contributed by atoms with van der Waals surface area (Å²) in [4.78, 5) is 20.2. The van der Waals surface area contributed by atoms with Gasteiger partial charge in [-0.3, -0.25) is 4.90 Å². The Morgan fingerprint density at radius 3 is 2.30 bits per heavy atom. The number of aliphatic carboxylic acids is 1. The molecule has 0 spiro atoms. The minimum absolute atomic E-state index is 1.03. The van der Waals surface area contributed by atoms with E-state index in [1.807, 2.05) is 0 Å². The fourth-order valence-electron chi connectivity index (χ4n) is 2.85. The summed E-state index contributed by atoms with van der Waals surface area (Å²) in [7, 11) is 0. The molecule has 1 aliphatic rings. The number of benzene rings is 1. The molecule has 5 nitrogen and oxygen atoms in total. The summed E-state index contributed by atoms with van der Waals surface area (Å²) in [6, 6.07) is 8.85. The highest BCUT2D eigenvalue weighted by molar-refractivity contribution is 5.73. The van der Waals surface area contributed by atoms with Crippen molar-refractivity contribution in [3.05, 3.63) is 58.7 Å². The monoisotopic (exact) mass is 381 g/mol. The molecule has 3 rings (SSSR count). The third-order valence-corrected chi connectivity index (χ3v) is 4.36. The average molecular weight is 381 g/mol. The van der Waals surface area contributed by atoms with Gasteiger partial charge in [-0.15, -0.1) is 0 Å². The lowest BCUT2D eigenvalue weighted by Gasteiger charge is -2.19. The van der Waals surface area contributed by atoms with Gasteiger partial charge in [0.1, 0.15) is 6.33 Å². The molecule has 1 N–H and O–H groups in total. The van der Waals surface area contributed by atoms with Crippen LogP contribution in [0.3, 0.4) is 0 Å². The lowest BCUT2D eigenvalue weighted by molar-refractivity contribution is -0.192. The van der Waals surface area contributed by atoms with Crippen molar-refractivity contribution in [1.82, 2.24) is 14.9 Å². The van der Waals surface area contributed by atoms with Crippen LogP contribution >= 0.6 is 0 Å². The van der Waals surface area contributed by atoms with Crippen molar-refractivity contribution in [3.63, 3.8) is 0 Å². The standard InChI is InChI=1S/C17H21N3.C2HF3O2/c1-13-3-5-15(6-4-13)11-20-9-7-16-14(2)18-12-19-17(16)8-10-20;3-2(4,5)1(6)7/h3-6,12H,7-11H2,1-2H3;(H,6,7). The molecule has 2 aromatic rings. The van der Waals surface area contributed by atoms with E-state index in [0.717, 1.165) is 38.2 Å². The van der Waals surface area contributed by atoms with E-state index >= 15 is 0 Å². The summed E-state index contributed by atoms with van der Waals surface area (Å²) in [5.74, 6) is -2.76. The maximum Gasteiger partial charge on any atom is 0.490 e. The van der Waals surface area contributed by atoms with Gasteiger partial charge in [-0.1, -0.05) is 29.8 Å². The van der Waals surface area contributed by atoms with Gasteiger partial charge in [0.25, 0.3) is 0 Å². The van der Waals surface area contributed by atoms with E-state index in [1.165, 1.54) is 22.4 Å². The highest BCUT2D eigenvalue weighted by atomic mass is 19.4. The zero-order valence-electron chi connectivity index (χ0n) is 15.3. The SMILES string of the molecule is Cc1ccc(CN2CCc3ncnc(C)c3CC2)cc1.O=C(O)C(F)(F)F. The molecule has 0 bridgehead atoms. The Morgan fingerprint density at radius 1 is 1.11 bits per heavy atom. The molecule has 0 unspecified atom stereocenters. The van der Waals surface area contributed by atoms with Gasteiger partial charge in [-0.2, -0.15) is 13.2 Å². The summed E-state index contributed by atoms with van der Waals surface area (Å²) in [6.45, 7) is 7.43. The van der Waals surface area contributed by atoms with Crippen LogP contribution in [-0.2, 0) is 24.2 Å². The van der Waals surface area contributed by atoms with E-state index in [2.05, 4.69) is 53.0 Å². The van der Waals surface area contributed by atoms with Gasteiger partial charge < -0.3 is 5.11 Å². The summed E-state index contributed by atoms with van der Waals surface area (Å²) >= 11 is 0. The van der Waals surface area contributed by atoms with Crippen LogP contribution in [-0.4, -0.2) is 45.2 Å². The largest absolute Gasteiger partial charge is 0.490 e.